The number of nitrogens with zero attached hydrogens (tertiary/aromatic N) is 3. The zero-order chi connectivity index (χ0) is 15.8. The second-order valence-electron chi connectivity index (χ2n) is 6.54. The summed E-state index contributed by atoms with van der Waals surface area (Å²) < 4.78 is 5.35. The van der Waals surface area contributed by atoms with Crippen LogP contribution in [0.4, 0.5) is 0 Å². The minimum Gasteiger partial charge on any atom is -0.463 e. The van der Waals surface area contributed by atoms with Crippen molar-refractivity contribution in [3.05, 3.63) is 30.2 Å². The first-order chi connectivity index (χ1) is 11.2. The van der Waals surface area contributed by atoms with Crippen molar-refractivity contribution < 1.29 is 9.21 Å². The number of furan rings is 1. The molecule has 0 bridgehead atoms. The minimum absolute atomic E-state index is 0.0295. The molecule has 2 aliphatic heterocycles. The minimum atomic E-state index is 0.0295. The Morgan fingerprint density at radius 2 is 2.13 bits per heavy atom. The molecule has 1 amide bonds. The van der Waals surface area contributed by atoms with E-state index in [-0.39, 0.29) is 5.91 Å². The van der Waals surface area contributed by atoms with Crippen molar-refractivity contribution in [2.24, 2.45) is 0 Å². The maximum atomic E-state index is 12.9. The number of carbonyl (C=O) groups is 1. The molecule has 2 atom stereocenters. The van der Waals surface area contributed by atoms with Gasteiger partial charge in [-0.15, -0.1) is 0 Å². The van der Waals surface area contributed by atoms with Crippen LogP contribution in [0.3, 0.4) is 0 Å². The van der Waals surface area contributed by atoms with E-state index in [0.717, 1.165) is 31.6 Å². The molecule has 1 N–H and O–H groups in total. The Morgan fingerprint density at radius 3 is 2.87 bits per heavy atom. The van der Waals surface area contributed by atoms with E-state index in [1.807, 2.05) is 17.0 Å². The molecule has 2 aromatic rings. The monoisotopic (exact) mass is 314 g/mol. The topological polar surface area (TPSA) is 65.4 Å². The van der Waals surface area contributed by atoms with Crippen LogP contribution in [0.1, 0.15) is 36.2 Å². The lowest BCUT2D eigenvalue weighted by Gasteiger charge is -2.32. The summed E-state index contributed by atoms with van der Waals surface area (Å²) in [5, 5.41) is 7.11. The van der Waals surface area contributed by atoms with Crippen molar-refractivity contribution >= 4 is 5.91 Å². The van der Waals surface area contributed by atoms with Crippen molar-refractivity contribution in [1.82, 2.24) is 20.0 Å². The lowest BCUT2D eigenvalue weighted by atomic mass is 10.0. The zero-order valence-corrected chi connectivity index (χ0v) is 13.4. The fraction of sp³-hybridized carbons (Fsp3) is 0.529. The number of nitrogens with one attached hydrogen (secondary N) is 1. The number of H-pyrrole nitrogens is 1. The normalized spacial score (nSPS) is 25.3. The second kappa shape index (κ2) is 5.85. The molecule has 4 rings (SSSR count). The number of likely N-dealkylation sites (N-methyl/N-ethyl adjacent to an activating group) is 1. The van der Waals surface area contributed by atoms with Crippen molar-refractivity contribution in [1.29, 1.82) is 0 Å². The van der Waals surface area contributed by atoms with Crippen LogP contribution in [-0.2, 0) is 0 Å². The zero-order valence-electron chi connectivity index (χ0n) is 13.4. The number of rotatable bonds is 3. The van der Waals surface area contributed by atoms with Gasteiger partial charge in [-0.25, -0.2) is 0 Å². The standard InChI is InChI=1S/C17H22N4O2/c1-20-8-2-5-14(20)15-6-3-9-21(15)17(22)13-11-12(18-19-13)16-7-4-10-23-16/h4,7,10-11,14-15H,2-3,5-6,8-9H2,1H3,(H,18,19)/t14-,15+/m1/s1. The highest BCUT2D eigenvalue weighted by Gasteiger charge is 2.39. The fourth-order valence-corrected chi connectivity index (χ4v) is 4.00. The molecule has 0 aromatic carbocycles. The molecule has 2 aliphatic rings. The van der Waals surface area contributed by atoms with Crippen LogP contribution in [0, 0.1) is 0 Å². The van der Waals surface area contributed by atoms with Crippen LogP contribution in [0.2, 0.25) is 0 Å². The third kappa shape index (κ3) is 2.57. The number of aromatic amines is 1. The molecule has 4 heterocycles. The molecule has 2 saturated heterocycles. The van der Waals surface area contributed by atoms with Crippen molar-refractivity contribution in [2.75, 3.05) is 20.1 Å². The summed E-state index contributed by atoms with van der Waals surface area (Å²) in [6, 6.07) is 6.27. The van der Waals surface area contributed by atoms with Gasteiger partial charge in [-0.1, -0.05) is 0 Å². The van der Waals surface area contributed by atoms with E-state index < -0.39 is 0 Å². The molecular weight excluding hydrogens is 292 g/mol. The number of hydrogen-bond acceptors (Lipinski definition) is 4. The van der Waals surface area contributed by atoms with E-state index in [2.05, 4.69) is 22.1 Å². The average Bonchev–Trinajstić information content (AvgIpc) is 3.31. The highest BCUT2D eigenvalue weighted by atomic mass is 16.3. The Kier molecular flexibility index (Phi) is 3.69. The van der Waals surface area contributed by atoms with Gasteiger partial charge in [0.15, 0.2) is 11.5 Å². The maximum Gasteiger partial charge on any atom is 0.274 e. The number of carbonyl (C=O) groups excluding carboxylic acids is 1. The Morgan fingerprint density at radius 1 is 1.30 bits per heavy atom. The quantitative estimate of drug-likeness (QED) is 0.944. The average molecular weight is 314 g/mol. The van der Waals surface area contributed by atoms with Gasteiger partial charge >= 0.3 is 0 Å². The third-order valence-electron chi connectivity index (χ3n) is 5.16. The Bertz CT molecular complexity index is 679. The van der Waals surface area contributed by atoms with Crippen LogP contribution in [-0.4, -0.2) is 58.1 Å². The van der Waals surface area contributed by atoms with Gasteiger partial charge in [0.1, 0.15) is 5.69 Å². The van der Waals surface area contributed by atoms with Crippen LogP contribution in [0.15, 0.2) is 28.9 Å². The SMILES string of the molecule is CN1CCC[C@@H]1[C@@H]1CCCN1C(=O)c1cc(-c2ccco2)[nH]n1. The fourth-order valence-electron chi connectivity index (χ4n) is 4.00. The van der Waals surface area contributed by atoms with Crippen LogP contribution in [0.25, 0.3) is 11.5 Å². The lowest BCUT2D eigenvalue weighted by Crippen LogP contribution is -2.47. The lowest BCUT2D eigenvalue weighted by molar-refractivity contribution is 0.0658. The molecular formula is C17H22N4O2. The molecule has 6 heteroatoms. The summed E-state index contributed by atoms with van der Waals surface area (Å²) in [5.41, 5.74) is 1.22. The van der Waals surface area contributed by atoms with Crippen molar-refractivity contribution in [2.45, 2.75) is 37.8 Å². The molecule has 6 nitrogen and oxygen atoms in total. The molecule has 0 saturated carbocycles. The van der Waals surface area contributed by atoms with Gasteiger partial charge in [0.2, 0.25) is 0 Å². The van der Waals surface area contributed by atoms with E-state index in [4.69, 9.17) is 4.42 Å². The molecule has 122 valence electrons. The molecule has 23 heavy (non-hydrogen) atoms. The summed E-state index contributed by atoms with van der Waals surface area (Å²) in [4.78, 5) is 17.3. The van der Waals surface area contributed by atoms with Gasteiger partial charge < -0.3 is 14.2 Å². The van der Waals surface area contributed by atoms with Crippen molar-refractivity contribution in [3.63, 3.8) is 0 Å². The van der Waals surface area contributed by atoms with E-state index in [0.29, 0.717) is 23.5 Å². The number of aromatic nitrogens is 2. The molecule has 2 aromatic heterocycles. The number of amides is 1. The first kappa shape index (κ1) is 14.5. The Hall–Kier alpha value is -2.08. The number of hydrogen-bond donors (Lipinski definition) is 1. The van der Waals surface area contributed by atoms with Gasteiger partial charge in [0, 0.05) is 24.7 Å². The summed E-state index contributed by atoms with van der Waals surface area (Å²) in [6.07, 6.45) is 6.20. The second-order valence-corrected chi connectivity index (χ2v) is 6.54. The van der Waals surface area contributed by atoms with Gasteiger partial charge in [-0.2, -0.15) is 5.10 Å². The first-order valence-corrected chi connectivity index (χ1v) is 8.34. The molecule has 2 fully saturated rings. The Labute approximate surface area is 135 Å². The predicted octanol–water partition coefficient (Wildman–Crippen LogP) is 2.37. The van der Waals surface area contributed by atoms with E-state index in [1.54, 1.807) is 12.3 Å². The largest absolute Gasteiger partial charge is 0.463 e. The molecule has 0 aliphatic carbocycles. The summed E-state index contributed by atoms with van der Waals surface area (Å²) in [5.74, 6) is 0.729. The molecule has 0 unspecified atom stereocenters. The van der Waals surface area contributed by atoms with Crippen LogP contribution < -0.4 is 0 Å². The Balaban J connectivity index is 1.54. The third-order valence-corrected chi connectivity index (χ3v) is 5.16. The molecule has 0 radical (unpaired) electrons. The predicted molar refractivity (Wildman–Crippen MR) is 86.0 cm³/mol. The smallest absolute Gasteiger partial charge is 0.274 e. The van der Waals surface area contributed by atoms with Crippen molar-refractivity contribution in [3.8, 4) is 11.5 Å². The van der Waals surface area contributed by atoms with Gasteiger partial charge in [-0.3, -0.25) is 9.89 Å². The highest BCUT2D eigenvalue weighted by molar-refractivity contribution is 5.93. The van der Waals surface area contributed by atoms with E-state index in [1.165, 1.54) is 12.8 Å². The van der Waals surface area contributed by atoms with E-state index >= 15 is 0 Å². The highest BCUT2D eigenvalue weighted by Crippen LogP contribution is 2.30. The van der Waals surface area contributed by atoms with Gasteiger partial charge in [0.25, 0.3) is 5.91 Å². The number of likely N-dealkylation sites (tertiary alicyclic amines) is 2. The summed E-state index contributed by atoms with van der Waals surface area (Å²) >= 11 is 0. The first-order valence-electron chi connectivity index (χ1n) is 8.34. The van der Waals surface area contributed by atoms with Gasteiger partial charge in [-0.05, 0) is 51.4 Å². The van der Waals surface area contributed by atoms with E-state index in [9.17, 15) is 4.79 Å². The van der Waals surface area contributed by atoms with Crippen LogP contribution >= 0.6 is 0 Å². The van der Waals surface area contributed by atoms with Crippen LogP contribution in [0.5, 0.6) is 0 Å². The molecule has 0 spiro atoms. The summed E-state index contributed by atoms with van der Waals surface area (Å²) in [6.45, 7) is 1.96. The maximum absolute atomic E-state index is 12.9. The summed E-state index contributed by atoms with van der Waals surface area (Å²) in [7, 11) is 2.17. The van der Waals surface area contributed by atoms with Gasteiger partial charge in [0.05, 0.1) is 6.26 Å².